The smallest absolute Gasteiger partial charge is 0.309 e. The van der Waals surface area contributed by atoms with Gasteiger partial charge in [0.15, 0.2) is 0 Å². The second-order valence-corrected chi connectivity index (χ2v) is 10.9. The standard InChI is InChI=1S/C26H39NO5S/c1-16-11-9-7-8-10-12-21(17(2)13-20-15-33-19(4)27-20)32-23(29)14-22(28)26(5,6)25(31)18(3)24(16)30/h8,10,13,15-16,18,21-22,24,28,30H,7,9,11-12,14H2,1-6H3/t16-,18+,21-,22-,24-/m0/s1. The Morgan fingerprint density at radius 1 is 1.24 bits per heavy atom. The van der Waals surface area contributed by atoms with Crippen molar-refractivity contribution in [2.45, 2.75) is 92.0 Å². The zero-order chi connectivity index (χ0) is 24.8. The van der Waals surface area contributed by atoms with Gasteiger partial charge in [-0.2, -0.15) is 0 Å². The fourth-order valence-electron chi connectivity index (χ4n) is 4.18. The van der Waals surface area contributed by atoms with Crippen molar-refractivity contribution >= 4 is 29.2 Å². The molecular weight excluding hydrogens is 438 g/mol. The van der Waals surface area contributed by atoms with Crippen LogP contribution in [0, 0.1) is 24.2 Å². The van der Waals surface area contributed by atoms with Gasteiger partial charge in [-0.05, 0) is 50.7 Å². The number of Topliss-reactive ketones (excluding diaryl/α,β-unsaturated/α-hetero) is 1. The van der Waals surface area contributed by atoms with E-state index >= 15 is 0 Å². The lowest BCUT2D eigenvalue weighted by molar-refractivity contribution is -0.154. The zero-order valence-corrected chi connectivity index (χ0v) is 21.5. The van der Waals surface area contributed by atoms with Crippen LogP contribution in [0.15, 0.2) is 23.1 Å². The molecule has 0 aromatic carbocycles. The van der Waals surface area contributed by atoms with Gasteiger partial charge in [0.1, 0.15) is 11.9 Å². The summed E-state index contributed by atoms with van der Waals surface area (Å²) in [5, 5.41) is 24.4. The summed E-state index contributed by atoms with van der Waals surface area (Å²) in [6, 6.07) is 0. The number of thiazole rings is 1. The number of hydrogen-bond acceptors (Lipinski definition) is 7. The van der Waals surface area contributed by atoms with Crippen molar-refractivity contribution in [3.8, 4) is 0 Å². The molecule has 0 aliphatic carbocycles. The molecule has 0 spiro atoms. The lowest BCUT2D eigenvalue weighted by atomic mass is 9.73. The maximum Gasteiger partial charge on any atom is 0.309 e. The molecule has 0 saturated carbocycles. The molecule has 2 N–H and O–H groups in total. The number of ketones is 1. The third kappa shape index (κ3) is 7.59. The highest BCUT2D eigenvalue weighted by Crippen LogP contribution is 2.32. The second kappa shape index (κ2) is 12.0. The predicted molar refractivity (Wildman–Crippen MR) is 132 cm³/mol. The van der Waals surface area contributed by atoms with Crippen LogP contribution in [0.25, 0.3) is 6.08 Å². The number of esters is 1. The van der Waals surface area contributed by atoms with E-state index in [-0.39, 0.29) is 18.1 Å². The minimum Gasteiger partial charge on any atom is -0.457 e. The van der Waals surface area contributed by atoms with Gasteiger partial charge in [-0.25, -0.2) is 4.98 Å². The third-order valence-electron chi connectivity index (χ3n) is 6.68. The fourth-order valence-corrected chi connectivity index (χ4v) is 4.75. The van der Waals surface area contributed by atoms with E-state index < -0.39 is 35.6 Å². The first-order chi connectivity index (χ1) is 15.4. The SMILES string of the molecule is CC(=Cc1csc(C)n1)[C@@H]1CC=CCCC[C@H](C)[C@H](O)[C@@H](C)C(=O)C(C)(C)[C@@H](O)CC(=O)O1. The van der Waals surface area contributed by atoms with Crippen molar-refractivity contribution in [2.75, 3.05) is 0 Å². The van der Waals surface area contributed by atoms with Crippen molar-refractivity contribution < 1.29 is 24.5 Å². The van der Waals surface area contributed by atoms with Crippen LogP contribution in [-0.2, 0) is 14.3 Å². The van der Waals surface area contributed by atoms with Gasteiger partial charge in [0.2, 0.25) is 0 Å². The number of hydrogen-bond donors (Lipinski definition) is 2. The van der Waals surface area contributed by atoms with E-state index in [1.165, 1.54) is 0 Å². The molecule has 0 fully saturated rings. The highest BCUT2D eigenvalue weighted by atomic mass is 32.1. The van der Waals surface area contributed by atoms with Gasteiger partial charge in [-0.15, -0.1) is 11.3 Å². The Bertz CT molecular complexity index is 872. The summed E-state index contributed by atoms with van der Waals surface area (Å²) < 4.78 is 5.75. The molecule has 1 aliphatic heterocycles. The Morgan fingerprint density at radius 2 is 1.94 bits per heavy atom. The minimum absolute atomic E-state index is 0.0392. The van der Waals surface area contributed by atoms with Gasteiger partial charge >= 0.3 is 5.97 Å². The van der Waals surface area contributed by atoms with Crippen molar-refractivity contribution in [1.82, 2.24) is 4.98 Å². The van der Waals surface area contributed by atoms with Crippen LogP contribution in [0.1, 0.15) is 77.4 Å². The number of aliphatic hydroxyl groups is 2. The summed E-state index contributed by atoms with van der Waals surface area (Å²) in [6.45, 7) is 10.8. The molecule has 5 atom stereocenters. The number of cyclic esters (lactones) is 1. The number of rotatable bonds is 2. The second-order valence-electron chi connectivity index (χ2n) is 9.86. The first-order valence-electron chi connectivity index (χ1n) is 11.8. The maximum absolute atomic E-state index is 13.1. The normalized spacial score (nSPS) is 30.8. The van der Waals surface area contributed by atoms with Crippen molar-refractivity contribution in [3.63, 3.8) is 0 Å². The molecule has 0 radical (unpaired) electrons. The van der Waals surface area contributed by atoms with E-state index in [0.29, 0.717) is 6.42 Å². The van der Waals surface area contributed by atoms with Crippen molar-refractivity contribution in [3.05, 3.63) is 33.8 Å². The highest BCUT2D eigenvalue weighted by molar-refractivity contribution is 7.09. The fraction of sp³-hybridized carbons (Fsp3) is 0.654. The summed E-state index contributed by atoms with van der Waals surface area (Å²) in [6.07, 6.45) is 6.28. The summed E-state index contributed by atoms with van der Waals surface area (Å²) >= 11 is 1.56. The average Bonchev–Trinajstić information content (AvgIpc) is 3.16. The summed E-state index contributed by atoms with van der Waals surface area (Å²) in [4.78, 5) is 30.3. The van der Waals surface area contributed by atoms with Crippen LogP contribution in [0.4, 0.5) is 0 Å². The van der Waals surface area contributed by atoms with Crippen LogP contribution < -0.4 is 0 Å². The van der Waals surface area contributed by atoms with Crippen LogP contribution in [-0.4, -0.2) is 45.3 Å². The molecule has 1 aliphatic rings. The molecule has 184 valence electrons. The van der Waals surface area contributed by atoms with E-state index in [0.717, 1.165) is 35.5 Å². The molecule has 0 unspecified atom stereocenters. The number of carbonyl (C=O) groups is 2. The summed E-state index contributed by atoms with van der Waals surface area (Å²) in [5.41, 5.74) is 0.513. The van der Waals surface area contributed by atoms with Crippen LogP contribution in [0.2, 0.25) is 0 Å². The molecule has 0 bridgehead atoms. The van der Waals surface area contributed by atoms with E-state index in [1.807, 2.05) is 38.3 Å². The summed E-state index contributed by atoms with van der Waals surface area (Å²) in [5.74, 6) is -1.48. The molecule has 1 aromatic heterocycles. The van der Waals surface area contributed by atoms with E-state index in [9.17, 15) is 19.8 Å². The lowest BCUT2D eigenvalue weighted by Crippen LogP contribution is -2.45. The number of aryl methyl sites for hydroxylation is 1. The van der Waals surface area contributed by atoms with Gasteiger partial charge in [-0.3, -0.25) is 9.59 Å². The molecule has 1 aromatic rings. The number of nitrogens with zero attached hydrogens (tertiary/aromatic N) is 1. The third-order valence-corrected chi connectivity index (χ3v) is 7.47. The van der Waals surface area contributed by atoms with Crippen LogP contribution in [0.3, 0.4) is 0 Å². The Kier molecular flexibility index (Phi) is 10.0. The number of aromatic nitrogens is 1. The molecule has 7 heteroatoms. The van der Waals surface area contributed by atoms with Crippen molar-refractivity contribution in [2.24, 2.45) is 17.3 Å². The molecule has 0 amide bonds. The zero-order valence-electron chi connectivity index (χ0n) is 20.7. The minimum atomic E-state index is -1.21. The monoisotopic (exact) mass is 477 g/mol. The Balaban J connectivity index is 2.27. The first-order valence-corrected chi connectivity index (χ1v) is 12.7. The molecule has 2 rings (SSSR count). The number of ether oxygens (including phenoxy) is 1. The molecule has 6 nitrogen and oxygen atoms in total. The van der Waals surface area contributed by atoms with E-state index in [1.54, 1.807) is 32.1 Å². The van der Waals surface area contributed by atoms with Crippen LogP contribution in [0.5, 0.6) is 0 Å². The van der Waals surface area contributed by atoms with E-state index in [2.05, 4.69) is 11.1 Å². The van der Waals surface area contributed by atoms with Gasteiger partial charge in [0.25, 0.3) is 0 Å². The maximum atomic E-state index is 13.1. The van der Waals surface area contributed by atoms with E-state index in [4.69, 9.17) is 4.74 Å². The first kappa shape index (κ1) is 27.4. The Hall–Kier alpha value is -1.83. The van der Waals surface area contributed by atoms with Crippen LogP contribution >= 0.6 is 11.3 Å². The topological polar surface area (TPSA) is 96.7 Å². The Labute approximate surface area is 201 Å². The average molecular weight is 478 g/mol. The predicted octanol–water partition coefficient (Wildman–Crippen LogP) is 4.88. The van der Waals surface area contributed by atoms with Gasteiger partial charge in [0.05, 0.1) is 34.7 Å². The molecular formula is C26H39NO5S. The van der Waals surface area contributed by atoms with Crippen molar-refractivity contribution in [1.29, 1.82) is 0 Å². The largest absolute Gasteiger partial charge is 0.457 e. The van der Waals surface area contributed by atoms with Gasteiger partial charge < -0.3 is 14.9 Å². The number of aliphatic hydroxyl groups excluding tert-OH is 2. The van der Waals surface area contributed by atoms with Gasteiger partial charge in [0, 0.05) is 17.7 Å². The summed E-state index contributed by atoms with van der Waals surface area (Å²) in [7, 11) is 0. The Morgan fingerprint density at radius 3 is 2.58 bits per heavy atom. The molecule has 0 saturated heterocycles. The van der Waals surface area contributed by atoms with Gasteiger partial charge in [-0.1, -0.05) is 39.8 Å². The number of allylic oxidation sites excluding steroid dienone is 1. The number of carbonyl (C=O) groups excluding carboxylic acids is 2. The lowest BCUT2D eigenvalue weighted by Gasteiger charge is -2.34. The molecule has 2 heterocycles. The molecule has 33 heavy (non-hydrogen) atoms. The highest BCUT2D eigenvalue weighted by Gasteiger charge is 2.42. The quantitative estimate of drug-likeness (QED) is 0.466.